The minimum absolute atomic E-state index is 0.123. The molecule has 0 saturated carbocycles. The van der Waals surface area contributed by atoms with Gasteiger partial charge in [-0.3, -0.25) is 4.79 Å². The summed E-state index contributed by atoms with van der Waals surface area (Å²) < 4.78 is 28.2. The lowest BCUT2D eigenvalue weighted by molar-refractivity contribution is -0.0498. The normalized spacial score (nSPS) is 9.92. The Labute approximate surface area is 145 Å². The van der Waals surface area contributed by atoms with Crippen LogP contribution in [0.5, 0.6) is 5.75 Å². The van der Waals surface area contributed by atoms with E-state index in [9.17, 15) is 13.6 Å². The minimum atomic E-state index is -2.82. The number of benzene rings is 3. The Morgan fingerprint density at radius 2 is 1.32 bits per heavy atom. The van der Waals surface area contributed by atoms with Crippen LogP contribution in [0.3, 0.4) is 0 Å². The summed E-state index contributed by atoms with van der Waals surface area (Å²) in [5, 5.41) is 0. The number of carbonyl (C=O) groups is 1. The van der Waals surface area contributed by atoms with E-state index in [1.807, 2.05) is 18.2 Å². The summed E-state index contributed by atoms with van der Waals surface area (Å²) in [6, 6.07) is 23.6. The average molecular weight is 340 g/mol. The van der Waals surface area contributed by atoms with E-state index in [1.165, 1.54) is 17.7 Å². The third-order valence-electron chi connectivity index (χ3n) is 3.40. The Bertz CT molecular complexity index is 767. The standard InChI is InChI=1S/C14H10F2O2.C7H8/c15-14(16)18-13-7-5-12(6-8-13)11-3-1-10(9-17)2-4-11;1-7-5-3-2-4-6-7/h1-9,14H;2-6H,1H3. The van der Waals surface area contributed by atoms with Crippen LogP contribution in [0.15, 0.2) is 78.9 Å². The largest absolute Gasteiger partial charge is 0.435 e. The number of carbonyl (C=O) groups excluding carboxylic acids is 1. The van der Waals surface area contributed by atoms with Gasteiger partial charge in [-0.25, -0.2) is 0 Å². The van der Waals surface area contributed by atoms with E-state index < -0.39 is 6.61 Å². The number of halogens is 2. The first-order valence-corrected chi connectivity index (χ1v) is 7.70. The van der Waals surface area contributed by atoms with E-state index in [0.717, 1.165) is 17.4 Å². The van der Waals surface area contributed by atoms with E-state index in [1.54, 1.807) is 36.4 Å². The van der Waals surface area contributed by atoms with Crippen LogP contribution in [0.2, 0.25) is 0 Å². The summed E-state index contributed by atoms with van der Waals surface area (Å²) in [6.45, 7) is -0.734. The van der Waals surface area contributed by atoms with Crippen LogP contribution in [0.25, 0.3) is 11.1 Å². The number of aryl methyl sites for hydroxylation is 1. The van der Waals surface area contributed by atoms with Gasteiger partial charge in [0.2, 0.25) is 0 Å². The molecule has 0 fully saturated rings. The zero-order chi connectivity index (χ0) is 18.1. The number of hydrogen-bond acceptors (Lipinski definition) is 2. The lowest BCUT2D eigenvalue weighted by atomic mass is 10.0. The molecule has 25 heavy (non-hydrogen) atoms. The molecule has 0 aromatic heterocycles. The van der Waals surface area contributed by atoms with Crippen molar-refractivity contribution in [2.75, 3.05) is 0 Å². The van der Waals surface area contributed by atoms with Crippen LogP contribution in [-0.2, 0) is 0 Å². The first-order chi connectivity index (χ1) is 12.1. The average Bonchev–Trinajstić information content (AvgIpc) is 2.63. The van der Waals surface area contributed by atoms with Gasteiger partial charge in [-0.2, -0.15) is 8.78 Å². The van der Waals surface area contributed by atoms with Crippen LogP contribution < -0.4 is 4.74 Å². The molecule has 0 aliphatic carbocycles. The van der Waals surface area contributed by atoms with Crippen molar-refractivity contribution in [3.05, 3.63) is 90.0 Å². The molecule has 0 aliphatic heterocycles. The Balaban J connectivity index is 0.000000269. The Hall–Kier alpha value is -3.01. The molecular weight excluding hydrogens is 322 g/mol. The third kappa shape index (κ3) is 6.18. The molecule has 3 rings (SSSR count). The van der Waals surface area contributed by atoms with Crippen LogP contribution in [0.1, 0.15) is 15.9 Å². The van der Waals surface area contributed by atoms with Gasteiger partial charge >= 0.3 is 6.61 Å². The summed E-state index contributed by atoms with van der Waals surface area (Å²) in [5.74, 6) is 0.123. The molecule has 3 aromatic carbocycles. The zero-order valence-corrected chi connectivity index (χ0v) is 13.7. The molecule has 0 atom stereocenters. The number of rotatable bonds is 4. The molecule has 0 spiro atoms. The van der Waals surface area contributed by atoms with Crippen molar-refractivity contribution in [2.24, 2.45) is 0 Å². The maximum atomic E-state index is 12.0. The smallest absolute Gasteiger partial charge is 0.387 e. The quantitative estimate of drug-likeness (QED) is 0.564. The minimum Gasteiger partial charge on any atom is -0.435 e. The molecule has 0 heterocycles. The van der Waals surface area contributed by atoms with E-state index in [-0.39, 0.29) is 5.75 Å². The van der Waals surface area contributed by atoms with Crippen molar-refractivity contribution in [1.29, 1.82) is 0 Å². The second kappa shape index (κ2) is 9.33. The molecule has 0 amide bonds. The molecule has 0 bridgehead atoms. The second-order valence-corrected chi connectivity index (χ2v) is 5.30. The lowest BCUT2D eigenvalue weighted by Crippen LogP contribution is -2.01. The van der Waals surface area contributed by atoms with Crippen LogP contribution in [-0.4, -0.2) is 12.9 Å². The summed E-state index contributed by atoms with van der Waals surface area (Å²) in [4.78, 5) is 10.5. The molecule has 4 heteroatoms. The van der Waals surface area contributed by atoms with Crippen molar-refractivity contribution in [3.63, 3.8) is 0 Å². The van der Waals surface area contributed by atoms with Gasteiger partial charge in [0.1, 0.15) is 12.0 Å². The first kappa shape index (κ1) is 18.3. The number of alkyl halides is 2. The summed E-state index contributed by atoms with van der Waals surface area (Å²) in [7, 11) is 0. The highest BCUT2D eigenvalue weighted by atomic mass is 19.3. The van der Waals surface area contributed by atoms with Gasteiger partial charge in [0.15, 0.2) is 0 Å². The van der Waals surface area contributed by atoms with Crippen LogP contribution in [0, 0.1) is 6.92 Å². The maximum absolute atomic E-state index is 12.0. The molecule has 128 valence electrons. The first-order valence-electron chi connectivity index (χ1n) is 7.70. The van der Waals surface area contributed by atoms with Gasteiger partial charge in [-0.1, -0.05) is 72.3 Å². The Kier molecular flexibility index (Phi) is 6.84. The number of aldehydes is 1. The second-order valence-electron chi connectivity index (χ2n) is 5.30. The zero-order valence-electron chi connectivity index (χ0n) is 13.7. The topological polar surface area (TPSA) is 26.3 Å². The molecule has 3 aromatic rings. The SMILES string of the molecule is Cc1ccccc1.O=Cc1ccc(-c2ccc(OC(F)F)cc2)cc1. The monoisotopic (exact) mass is 340 g/mol. The summed E-state index contributed by atoms with van der Waals surface area (Å²) in [5.41, 5.74) is 3.69. The highest BCUT2D eigenvalue weighted by molar-refractivity contribution is 5.76. The Morgan fingerprint density at radius 3 is 1.72 bits per heavy atom. The van der Waals surface area contributed by atoms with Crippen LogP contribution in [0.4, 0.5) is 8.78 Å². The fourth-order valence-electron chi connectivity index (χ4n) is 2.12. The predicted octanol–water partition coefficient (Wildman–Crippen LogP) is 5.76. The Morgan fingerprint density at radius 1 is 0.800 bits per heavy atom. The van der Waals surface area contributed by atoms with Gasteiger partial charge in [-0.15, -0.1) is 0 Å². The van der Waals surface area contributed by atoms with Gasteiger partial charge in [0, 0.05) is 5.56 Å². The van der Waals surface area contributed by atoms with E-state index in [0.29, 0.717) is 5.56 Å². The summed E-state index contributed by atoms with van der Waals surface area (Å²) >= 11 is 0. The van der Waals surface area contributed by atoms with Gasteiger partial charge in [-0.05, 0) is 30.2 Å². The van der Waals surface area contributed by atoms with Crippen LogP contribution >= 0.6 is 0 Å². The van der Waals surface area contributed by atoms with Gasteiger partial charge in [0.05, 0.1) is 0 Å². The van der Waals surface area contributed by atoms with Crippen molar-refractivity contribution in [3.8, 4) is 16.9 Å². The fourth-order valence-corrected chi connectivity index (χ4v) is 2.12. The van der Waals surface area contributed by atoms with Crippen molar-refractivity contribution < 1.29 is 18.3 Å². The van der Waals surface area contributed by atoms with E-state index in [4.69, 9.17) is 0 Å². The molecule has 0 unspecified atom stereocenters. The van der Waals surface area contributed by atoms with Gasteiger partial charge in [0.25, 0.3) is 0 Å². The van der Waals surface area contributed by atoms with Crippen molar-refractivity contribution in [1.82, 2.24) is 0 Å². The molecule has 2 nitrogen and oxygen atoms in total. The third-order valence-corrected chi connectivity index (χ3v) is 3.40. The lowest BCUT2D eigenvalue weighted by Gasteiger charge is -2.06. The van der Waals surface area contributed by atoms with E-state index in [2.05, 4.69) is 23.8 Å². The molecule has 0 aliphatic rings. The maximum Gasteiger partial charge on any atom is 0.387 e. The molecule has 0 saturated heterocycles. The fraction of sp³-hybridized carbons (Fsp3) is 0.0952. The molecular formula is C21H18F2O2. The highest BCUT2D eigenvalue weighted by Crippen LogP contribution is 2.23. The number of hydrogen-bond donors (Lipinski definition) is 0. The van der Waals surface area contributed by atoms with Crippen molar-refractivity contribution >= 4 is 6.29 Å². The molecule has 0 radical (unpaired) electrons. The predicted molar refractivity (Wildman–Crippen MR) is 95.1 cm³/mol. The number of ether oxygens (including phenoxy) is 1. The van der Waals surface area contributed by atoms with E-state index >= 15 is 0 Å². The van der Waals surface area contributed by atoms with Gasteiger partial charge < -0.3 is 4.74 Å². The highest BCUT2D eigenvalue weighted by Gasteiger charge is 2.04. The molecule has 0 N–H and O–H groups in total. The summed E-state index contributed by atoms with van der Waals surface area (Å²) in [6.07, 6.45) is 0.767. The van der Waals surface area contributed by atoms with Crippen molar-refractivity contribution in [2.45, 2.75) is 13.5 Å².